The molecule has 1 aliphatic rings. The fourth-order valence-electron chi connectivity index (χ4n) is 3.99. The summed E-state index contributed by atoms with van der Waals surface area (Å²) in [6.07, 6.45) is -0.0258. The molecule has 0 aromatic heterocycles. The van der Waals surface area contributed by atoms with Crippen LogP contribution in [0.1, 0.15) is 25.0 Å². The van der Waals surface area contributed by atoms with Crippen LogP contribution in [0.25, 0.3) is 0 Å². The van der Waals surface area contributed by atoms with Gasteiger partial charge in [0.1, 0.15) is 0 Å². The van der Waals surface area contributed by atoms with Gasteiger partial charge in [0.05, 0.1) is 17.7 Å². The highest BCUT2D eigenvalue weighted by Gasteiger charge is 2.39. The van der Waals surface area contributed by atoms with E-state index in [0.29, 0.717) is 10.6 Å². The van der Waals surface area contributed by atoms with E-state index in [4.69, 9.17) is 16.7 Å². The normalized spacial score (nSPS) is 19.9. The summed E-state index contributed by atoms with van der Waals surface area (Å²) in [4.78, 5) is 25.5. The van der Waals surface area contributed by atoms with Crippen molar-refractivity contribution in [3.63, 3.8) is 0 Å². The SMILES string of the molecule is CC1CN(C(=O)Cc2ccc(Cl)cc2)C[C@H](C)N1S(=O)(=O)c1cccc(CC(=O)O)c1. The fraction of sp³-hybridized carbons (Fsp3) is 0.364. The van der Waals surface area contributed by atoms with Gasteiger partial charge < -0.3 is 10.0 Å². The van der Waals surface area contributed by atoms with Gasteiger partial charge in [0.15, 0.2) is 0 Å². The summed E-state index contributed by atoms with van der Waals surface area (Å²) in [5, 5.41) is 9.59. The third-order valence-corrected chi connectivity index (χ3v) is 7.67. The summed E-state index contributed by atoms with van der Waals surface area (Å²) in [7, 11) is -3.84. The maximum absolute atomic E-state index is 13.3. The van der Waals surface area contributed by atoms with Crippen molar-refractivity contribution in [3.8, 4) is 0 Å². The molecule has 3 rings (SSSR count). The molecule has 9 heteroatoms. The Kier molecular flexibility index (Phi) is 7.03. The number of carbonyl (C=O) groups excluding carboxylic acids is 1. The molecule has 166 valence electrons. The molecular formula is C22H25ClN2O5S. The van der Waals surface area contributed by atoms with Gasteiger partial charge in [-0.3, -0.25) is 9.59 Å². The van der Waals surface area contributed by atoms with E-state index >= 15 is 0 Å². The molecule has 0 spiro atoms. The Bertz CT molecular complexity index is 1060. The monoisotopic (exact) mass is 464 g/mol. The third kappa shape index (κ3) is 5.44. The van der Waals surface area contributed by atoms with Gasteiger partial charge >= 0.3 is 5.97 Å². The topological polar surface area (TPSA) is 95.0 Å². The Balaban J connectivity index is 1.75. The standard InChI is InChI=1S/C22H25ClN2O5S/c1-15-13-24(21(26)11-17-6-8-19(23)9-7-17)14-16(2)25(15)31(29,30)20-5-3-4-18(10-20)12-22(27)28/h3-10,15-16H,11-14H2,1-2H3,(H,27,28)/t15-,16?/m0/s1. The van der Waals surface area contributed by atoms with E-state index in [1.54, 1.807) is 55.1 Å². The van der Waals surface area contributed by atoms with Crippen molar-refractivity contribution in [2.45, 2.75) is 43.7 Å². The molecule has 0 radical (unpaired) electrons. The second kappa shape index (κ2) is 9.38. The number of rotatable bonds is 6. The molecule has 2 aromatic rings. The molecule has 31 heavy (non-hydrogen) atoms. The Morgan fingerprint density at radius 2 is 1.61 bits per heavy atom. The van der Waals surface area contributed by atoms with Crippen molar-refractivity contribution >= 4 is 33.5 Å². The second-order valence-electron chi connectivity index (χ2n) is 7.85. The molecule has 2 aromatic carbocycles. The summed E-state index contributed by atoms with van der Waals surface area (Å²) < 4.78 is 28.0. The first-order valence-corrected chi connectivity index (χ1v) is 11.8. The van der Waals surface area contributed by atoms with Crippen LogP contribution < -0.4 is 0 Å². The number of amides is 1. The fourth-order valence-corrected chi connectivity index (χ4v) is 5.99. The number of nitrogens with zero attached hydrogens (tertiary/aromatic N) is 2. The van der Waals surface area contributed by atoms with Crippen LogP contribution in [-0.4, -0.2) is 59.8 Å². The van der Waals surface area contributed by atoms with Gasteiger partial charge in [-0.2, -0.15) is 4.31 Å². The van der Waals surface area contributed by atoms with E-state index < -0.39 is 28.1 Å². The molecule has 1 N–H and O–H groups in total. The molecule has 2 atom stereocenters. The smallest absolute Gasteiger partial charge is 0.307 e. The number of carboxylic acids is 1. The van der Waals surface area contributed by atoms with E-state index in [9.17, 15) is 18.0 Å². The lowest BCUT2D eigenvalue weighted by atomic mass is 10.1. The van der Waals surface area contributed by atoms with Gasteiger partial charge in [0.2, 0.25) is 15.9 Å². The van der Waals surface area contributed by atoms with E-state index in [1.165, 1.54) is 16.4 Å². The van der Waals surface area contributed by atoms with Crippen molar-refractivity contribution in [3.05, 3.63) is 64.7 Å². The zero-order valence-electron chi connectivity index (χ0n) is 17.4. The highest BCUT2D eigenvalue weighted by Crippen LogP contribution is 2.26. The van der Waals surface area contributed by atoms with Crippen LogP contribution in [0.4, 0.5) is 0 Å². The molecule has 1 heterocycles. The maximum atomic E-state index is 13.3. The van der Waals surface area contributed by atoms with Crippen LogP contribution in [0.2, 0.25) is 5.02 Å². The molecule has 0 aliphatic carbocycles. The first-order chi connectivity index (χ1) is 14.6. The molecule has 7 nitrogen and oxygen atoms in total. The summed E-state index contributed by atoms with van der Waals surface area (Å²) in [5.74, 6) is -1.09. The zero-order valence-corrected chi connectivity index (χ0v) is 18.9. The Morgan fingerprint density at radius 3 is 2.19 bits per heavy atom. The summed E-state index contributed by atoms with van der Waals surface area (Å²) in [6, 6.07) is 12.2. The van der Waals surface area contributed by atoms with Crippen LogP contribution in [0.3, 0.4) is 0 Å². The Hall–Kier alpha value is -2.42. The quantitative estimate of drug-likeness (QED) is 0.709. The van der Waals surface area contributed by atoms with Crippen LogP contribution in [0.15, 0.2) is 53.4 Å². The number of piperazine rings is 1. The van der Waals surface area contributed by atoms with Crippen molar-refractivity contribution in [1.29, 1.82) is 0 Å². The van der Waals surface area contributed by atoms with Crippen LogP contribution in [0.5, 0.6) is 0 Å². The molecule has 1 fully saturated rings. The predicted molar refractivity (Wildman–Crippen MR) is 117 cm³/mol. The van der Waals surface area contributed by atoms with Gasteiger partial charge in [-0.25, -0.2) is 8.42 Å². The third-order valence-electron chi connectivity index (χ3n) is 5.29. The predicted octanol–water partition coefficient (Wildman–Crippen LogP) is 2.82. The lowest BCUT2D eigenvalue weighted by molar-refractivity contribution is -0.136. The number of benzene rings is 2. The first-order valence-electron chi connectivity index (χ1n) is 9.94. The molecule has 1 unspecified atom stereocenters. The van der Waals surface area contributed by atoms with Crippen molar-refractivity contribution in [2.75, 3.05) is 13.1 Å². The van der Waals surface area contributed by atoms with Crippen molar-refractivity contribution in [2.24, 2.45) is 0 Å². The van der Waals surface area contributed by atoms with Crippen molar-refractivity contribution in [1.82, 2.24) is 9.21 Å². The summed E-state index contributed by atoms with van der Waals surface area (Å²) >= 11 is 5.89. The molecule has 1 aliphatic heterocycles. The summed E-state index contributed by atoms with van der Waals surface area (Å²) in [5.41, 5.74) is 1.27. The van der Waals surface area contributed by atoms with Gasteiger partial charge in [0, 0.05) is 30.2 Å². The largest absolute Gasteiger partial charge is 0.481 e. The van der Waals surface area contributed by atoms with E-state index in [-0.39, 0.29) is 36.7 Å². The minimum absolute atomic E-state index is 0.0610. The highest BCUT2D eigenvalue weighted by molar-refractivity contribution is 7.89. The lowest BCUT2D eigenvalue weighted by Gasteiger charge is -2.43. The van der Waals surface area contributed by atoms with Gasteiger partial charge in [0.25, 0.3) is 0 Å². The minimum Gasteiger partial charge on any atom is -0.481 e. The van der Waals surface area contributed by atoms with Gasteiger partial charge in [-0.1, -0.05) is 35.9 Å². The Morgan fingerprint density at radius 1 is 1.00 bits per heavy atom. The average molecular weight is 465 g/mol. The maximum Gasteiger partial charge on any atom is 0.307 e. The zero-order chi connectivity index (χ0) is 22.8. The minimum atomic E-state index is -3.84. The molecule has 0 bridgehead atoms. The van der Waals surface area contributed by atoms with E-state index in [2.05, 4.69) is 0 Å². The first kappa shape index (κ1) is 23.2. The molecule has 1 amide bonds. The number of carboxylic acid groups (broad SMARTS) is 1. The van der Waals surface area contributed by atoms with Gasteiger partial charge in [-0.05, 0) is 49.2 Å². The van der Waals surface area contributed by atoms with Gasteiger partial charge in [-0.15, -0.1) is 0 Å². The molecule has 1 saturated heterocycles. The van der Waals surface area contributed by atoms with E-state index in [1.807, 2.05) is 0 Å². The number of halogens is 1. The van der Waals surface area contributed by atoms with Crippen LogP contribution in [0, 0.1) is 0 Å². The number of hydrogen-bond donors (Lipinski definition) is 1. The molecule has 0 saturated carbocycles. The number of hydrogen-bond acceptors (Lipinski definition) is 4. The number of sulfonamides is 1. The van der Waals surface area contributed by atoms with Crippen LogP contribution in [-0.2, 0) is 32.5 Å². The van der Waals surface area contributed by atoms with Crippen molar-refractivity contribution < 1.29 is 23.1 Å². The average Bonchev–Trinajstić information content (AvgIpc) is 2.68. The van der Waals surface area contributed by atoms with E-state index in [0.717, 1.165) is 5.56 Å². The number of aliphatic carboxylic acids is 1. The lowest BCUT2D eigenvalue weighted by Crippen LogP contribution is -2.59. The molecular weight excluding hydrogens is 440 g/mol. The van der Waals surface area contributed by atoms with Crippen LogP contribution >= 0.6 is 11.6 Å². The number of carbonyl (C=O) groups is 2. The Labute approximate surface area is 187 Å². The summed E-state index contributed by atoms with van der Waals surface area (Å²) in [6.45, 7) is 4.11. The second-order valence-corrected chi connectivity index (χ2v) is 10.1. The highest BCUT2D eigenvalue weighted by atomic mass is 35.5.